The molecule has 3 N–H and O–H groups in total. The van der Waals surface area contributed by atoms with Crippen LogP contribution in [0.25, 0.3) is 0 Å². The molecule has 0 saturated heterocycles. The molecule has 0 aromatic heterocycles. The fourth-order valence-corrected chi connectivity index (χ4v) is 3.34. The van der Waals surface area contributed by atoms with Crippen LogP contribution in [0.3, 0.4) is 0 Å². The lowest BCUT2D eigenvalue weighted by Gasteiger charge is -2.20. The van der Waals surface area contributed by atoms with Crippen molar-refractivity contribution in [2.45, 2.75) is 37.8 Å². The molecular weight excluding hydrogens is 330 g/mol. The van der Waals surface area contributed by atoms with E-state index in [4.69, 9.17) is 4.74 Å². The smallest absolute Gasteiger partial charge is 0.335 e. The number of carbonyl (C=O) groups is 1. The largest absolute Gasteiger partial charge is 0.491 e. The van der Waals surface area contributed by atoms with E-state index in [0.717, 1.165) is 37.0 Å². The predicted octanol–water partition coefficient (Wildman–Crippen LogP) is 2.66. The number of ether oxygens (including phenoxy) is 1. The summed E-state index contributed by atoms with van der Waals surface area (Å²) in [5.41, 5.74) is 2.66. The summed E-state index contributed by atoms with van der Waals surface area (Å²) in [6.07, 6.45) is 3.20. The van der Waals surface area contributed by atoms with Gasteiger partial charge in [0.1, 0.15) is 18.5 Å². The first kappa shape index (κ1) is 18.4. The molecule has 26 heavy (non-hydrogen) atoms. The van der Waals surface area contributed by atoms with Gasteiger partial charge in [-0.25, -0.2) is 4.79 Å². The van der Waals surface area contributed by atoms with Gasteiger partial charge >= 0.3 is 5.97 Å². The zero-order valence-electron chi connectivity index (χ0n) is 14.7. The maximum Gasteiger partial charge on any atom is 0.335 e. The monoisotopic (exact) mass is 355 g/mol. The number of carboxylic acid groups (broad SMARTS) is 1. The lowest BCUT2D eigenvalue weighted by molar-refractivity contribution is 0.0696. The molecule has 0 saturated carbocycles. The first-order valence-corrected chi connectivity index (χ1v) is 9.06. The number of aliphatic hydroxyl groups is 1. The van der Waals surface area contributed by atoms with Crippen molar-refractivity contribution in [3.63, 3.8) is 0 Å². The van der Waals surface area contributed by atoms with Gasteiger partial charge in [0.2, 0.25) is 0 Å². The van der Waals surface area contributed by atoms with Crippen molar-refractivity contribution in [2.24, 2.45) is 0 Å². The Bertz CT molecular complexity index is 732. The first-order valence-electron chi connectivity index (χ1n) is 9.06. The Kier molecular flexibility index (Phi) is 6.26. The van der Waals surface area contributed by atoms with Gasteiger partial charge in [0.25, 0.3) is 0 Å². The Morgan fingerprint density at radius 2 is 2.00 bits per heavy atom. The highest BCUT2D eigenvalue weighted by molar-refractivity contribution is 5.87. The molecule has 2 aromatic carbocycles. The van der Waals surface area contributed by atoms with E-state index in [-0.39, 0.29) is 12.6 Å². The minimum absolute atomic E-state index is 0.228. The summed E-state index contributed by atoms with van der Waals surface area (Å²) in [5.74, 6) is -0.147. The third kappa shape index (κ3) is 5.07. The van der Waals surface area contributed by atoms with Crippen LogP contribution in [-0.4, -0.2) is 41.5 Å². The summed E-state index contributed by atoms with van der Waals surface area (Å²) in [7, 11) is 0. The Morgan fingerprint density at radius 1 is 1.19 bits per heavy atom. The molecule has 0 amide bonds. The van der Waals surface area contributed by atoms with Crippen molar-refractivity contribution >= 4 is 5.97 Å². The number of hydrogen-bond donors (Lipinski definition) is 3. The highest BCUT2D eigenvalue weighted by Crippen LogP contribution is 2.22. The van der Waals surface area contributed by atoms with Crippen molar-refractivity contribution in [1.29, 1.82) is 0 Å². The van der Waals surface area contributed by atoms with E-state index in [0.29, 0.717) is 12.1 Å². The molecular formula is C21H25NO4. The molecule has 1 unspecified atom stereocenters. The van der Waals surface area contributed by atoms with Gasteiger partial charge in [0.15, 0.2) is 0 Å². The summed E-state index contributed by atoms with van der Waals surface area (Å²) in [5, 5.41) is 22.8. The average Bonchev–Trinajstić information content (AvgIpc) is 2.86. The maximum atomic E-state index is 11.2. The number of benzene rings is 2. The molecule has 138 valence electrons. The quantitative estimate of drug-likeness (QED) is 0.666. The van der Waals surface area contributed by atoms with Gasteiger partial charge in [-0.3, -0.25) is 0 Å². The number of carboxylic acids is 1. The van der Waals surface area contributed by atoms with Gasteiger partial charge in [-0.05, 0) is 61.1 Å². The summed E-state index contributed by atoms with van der Waals surface area (Å²) >= 11 is 0. The number of hydrogen-bond acceptors (Lipinski definition) is 4. The van der Waals surface area contributed by atoms with E-state index in [1.807, 2.05) is 36.4 Å². The van der Waals surface area contributed by atoms with Crippen LogP contribution in [0.1, 0.15) is 34.3 Å². The van der Waals surface area contributed by atoms with E-state index in [1.54, 1.807) is 12.1 Å². The molecule has 3 rings (SSSR count). The van der Waals surface area contributed by atoms with Crippen LogP contribution < -0.4 is 10.1 Å². The SMILES string of the molecule is O=C(O)c1ccc2c(c1)CC(NC[C@H](O)COc1ccccc1)CCC2. The molecule has 0 fully saturated rings. The van der Waals surface area contributed by atoms with Gasteiger partial charge in [0, 0.05) is 12.6 Å². The van der Waals surface area contributed by atoms with Crippen LogP contribution in [0.5, 0.6) is 5.75 Å². The number of fused-ring (bicyclic) bond motifs is 1. The number of aromatic carboxylic acids is 1. The number of aliphatic hydroxyl groups excluding tert-OH is 1. The summed E-state index contributed by atoms with van der Waals surface area (Å²) in [6.45, 7) is 0.689. The van der Waals surface area contributed by atoms with Crippen LogP contribution in [0.2, 0.25) is 0 Å². The number of rotatable bonds is 7. The van der Waals surface area contributed by atoms with Crippen molar-refractivity contribution < 1.29 is 19.7 Å². The third-order valence-corrected chi connectivity index (χ3v) is 4.75. The predicted molar refractivity (Wildman–Crippen MR) is 99.8 cm³/mol. The Hall–Kier alpha value is -2.37. The van der Waals surface area contributed by atoms with Crippen LogP contribution in [0.15, 0.2) is 48.5 Å². The lowest BCUT2D eigenvalue weighted by Crippen LogP contribution is -2.39. The summed E-state index contributed by atoms with van der Waals surface area (Å²) in [4.78, 5) is 11.2. The molecule has 1 aliphatic carbocycles. The Balaban J connectivity index is 1.51. The highest BCUT2D eigenvalue weighted by Gasteiger charge is 2.19. The molecule has 0 bridgehead atoms. The van der Waals surface area contributed by atoms with Crippen LogP contribution >= 0.6 is 0 Å². The van der Waals surface area contributed by atoms with E-state index in [1.165, 1.54) is 5.56 Å². The standard InChI is InChI=1S/C21H25NO4/c23-19(14-26-20-7-2-1-3-8-20)13-22-18-6-4-5-15-9-10-16(21(24)25)11-17(15)12-18/h1-3,7-11,18-19,22-23H,4-6,12-14H2,(H,24,25)/t18?,19-/m0/s1. The van der Waals surface area contributed by atoms with E-state index < -0.39 is 12.1 Å². The molecule has 0 radical (unpaired) electrons. The molecule has 0 heterocycles. The normalized spacial score (nSPS) is 17.8. The molecule has 0 aliphatic heterocycles. The summed E-state index contributed by atoms with van der Waals surface area (Å²) < 4.78 is 5.58. The molecule has 2 aromatic rings. The third-order valence-electron chi connectivity index (χ3n) is 4.75. The van der Waals surface area contributed by atoms with Crippen LogP contribution in [-0.2, 0) is 12.8 Å². The van der Waals surface area contributed by atoms with Gasteiger partial charge in [-0.1, -0.05) is 24.3 Å². The van der Waals surface area contributed by atoms with Crippen molar-refractivity contribution in [1.82, 2.24) is 5.32 Å². The van der Waals surface area contributed by atoms with Crippen molar-refractivity contribution in [2.75, 3.05) is 13.2 Å². The van der Waals surface area contributed by atoms with Crippen LogP contribution in [0.4, 0.5) is 0 Å². The van der Waals surface area contributed by atoms with Gasteiger partial charge in [0.05, 0.1) is 5.56 Å². The van der Waals surface area contributed by atoms with Crippen molar-refractivity contribution in [3.05, 3.63) is 65.2 Å². The second kappa shape index (κ2) is 8.83. The van der Waals surface area contributed by atoms with E-state index >= 15 is 0 Å². The first-order chi connectivity index (χ1) is 12.6. The Morgan fingerprint density at radius 3 is 2.77 bits per heavy atom. The average molecular weight is 355 g/mol. The second-order valence-electron chi connectivity index (χ2n) is 6.77. The summed E-state index contributed by atoms with van der Waals surface area (Å²) in [6, 6.07) is 15.1. The fraction of sp³-hybridized carbons (Fsp3) is 0.381. The zero-order chi connectivity index (χ0) is 18.4. The number of aryl methyl sites for hydroxylation is 1. The molecule has 5 nitrogen and oxygen atoms in total. The Labute approximate surface area is 153 Å². The number of para-hydroxylation sites is 1. The minimum Gasteiger partial charge on any atom is -0.491 e. The lowest BCUT2D eigenvalue weighted by atomic mass is 9.99. The maximum absolute atomic E-state index is 11.2. The van der Waals surface area contributed by atoms with Gasteiger partial charge in [-0.15, -0.1) is 0 Å². The van der Waals surface area contributed by atoms with E-state index in [2.05, 4.69) is 5.32 Å². The van der Waals surface area contributed by atoms with Crippen molar-refractivity contribution in [3.8, 4) is 5.75 Å². The minimum atomic E-state index is -0.893. The molecule has 5 heteroatoms. The number of nitrogens with one attached hydrogen (secondary N) is 1. The van der Waals surface area contributed by atoms with Crippen LogP contribution in [0, 0.1) is 0 Å². The molecule has 1 aliphatic rings. The molecule has 0 spiro atoms. The second-order valence-corrected chi connectivity index (χ2v) is 6.77. The topological polar surface area (TPSA) is 78.8 Å². The van der Waals surface area contributed by atoms with E-state index in [9.17, 15) is 15.0 Å². The van der Waals surface area contributed by atoms with Gasteiger partial charge in [-0.2, -0.15) is 0 Å². The van der Waals surface area contributed by atoms with Gasteiger partial charge < -0.3 is 20.3 Å². The molecule has 2 atom stereocenters. The fourth-order valence-electron chi connectivity index (χ4n) is 3.34. The highest BCUT2D eigenvalue weighted by atomic mass is 16.5. The zero-order valence-corrected chi connectivity index (χ0v) is 14.7.